The van der Waals surface area contributed by atoms with E-state index in [1.54, 1.807) is 0 Å². The van der Waals surface area contributed by atoms with Gasteiger partial charge in [-0.15, -0.1) is 0 Å². The van der Waals surface area contributed by atoms with Crippen molar-refractivity contribution in [3.05, 3.63) is 0 Å². The van der Waals surface area contributed by atoms with Crippen molar-refractivity contribution in [1.29, 1.82) is 0 Å². The summed E-state index contributed by atoms with van der Waals surface area (Å²) in [5.74, 6) is 1.71. The fraction of sp³-hybridized carbons (Fsp3) is 1.00. The minimum absolute atomic E-state index is 0.444. The normalized spacial score (nSPS) is 34.2. The van der Waals surface area contributed by atoms with E-state index in [9.17, 15) is 0 Å². The molecule has 0 aromatic carbocycles. The maximum Gasteiger partial charge on any atom is 0.0334 e. The molecule has 0 amide bonds. The lowest BCUT2D eigenvalue weighted by Gasteiger charge is -2.50. The summed E-state index contributed by atoms with van der Waals surface area (Å²) in [7, 11) is 0. The molecule has 0 aromatic rings. The third-order valence-corrected chi connectivity index (χ3v) is 5.15. The Morgan fingerprint density at radius 1 is 1.28 bits per heavy atom. The van der Waals surface area contributed by atoms with Crippen molar-refractivity contribution in [2.75, 3.05) is 19.6 Å². The Labute approximate surface area is 114 Å². The highest BCUT2D eigenvalue weighted by molar-refractivity contribution is 5.05. The number of unbranched alkanes of at least 4 members (excludes halogenated alkanes) is 2. The van der Waals surface area contributed by atoms with Crippen LogP contribution in [0.4, 0.5) is 0 Å². The standard InChI is InChI=1S/C16H32N2/c1-5-6-7-10-18-11-15(13(2)3)17-12-16(18,4)14-8-9-14/h13-15,17H,5-12H2,1-4H3. The number of rotatable bonds is 6. The van der Waals surface area contributed by atoms with E-state index in [4.69, 9.17) is 0 Å². The summed E-state index contributed by atoms with van der Waals surface area (Å²) in [4.78, 5) is 2.82. The molecule has 2 unspecified atom stereocenters. The summed E-state index contributed by atoms with van der Waals surface area (Å²) in [6, 6.07) is 0.693. The van der Waals surface area contributed by atoms with Gasteiger partial charge < -0.3 is 5.32 Å². The van der Waals surface area contributed by atoms with Gasteiger partial charge in [-0.25, -0.2) is 0 Å². The van der Waals surface area contributed by atoms with E-state index in [-0.39, 0.29) is 0 Å². The lowest BCUT2D eigenvalue weighted by Crippen LogP contribution is -2.65. The van der Waals surface area contributed by atoms with Crippen LogP contribution in [-0.2, 0) is 0 Å². The first-order valence-electron chi connectivity index (χ1n) is 8.06. The molecule has 18 heavy (non-hydrogen) atoms. The molecule has 1 saturated heterocycles. The highest BCUT2D eigenvalue weighted by Crippen LogP contribution is 2.44. The molecule has 2 rings (SSSR count). The SMILES string of the molecule is CCCCCN1CC(C(C)C)NCC1(C)C1CC1. The molecule has 0 bridgehead atoms. The highest BCUT2D eigenvalue weighted by Gasteiger charge is 2.48. The summed E-state index contributed by atoms with van der Waals surface area (Å²) in [6.45, 7) is 13.3. The molecule has 0 spiro atoms. The highest BCUT2D eigenvalue weighted by atomic mass is 15.3. The average molecular weight is 252 g/mol. The van der Waals surface area contributed by atoms with Gasteiger partial charge in [0.2, 0.25) is 0 Å². The van der Waals surface area contributed by atoms with Crippen molar-refractivity contribution in [2.45, 2.75) is 71.4 Å². The van der Waals surface area contributed by atoms with Crippen LogP contribution in [0, 0.1) is 11.8 Å². The maximum absolute atomic E-state index is 3.81. The van der Waals surface area contributed by atoms with E-state index in [2.05, 4.69) is 37.9 Å². The van der Waals surface area contributed by atoms with Gasteiger partial charge in [0.05, 0.1) is 0 Å². The molecule has 2 atom stereocenters. The molecule has 0 aromatic heterocycles. The Morgan fingerprint density at radius 2 is 2.00 bits per heavy atom. The summed E-state index contributed by atoms with van der Waals surface area (Å²) >= 11 is 0. The van der Waals surface area contributed by atoms with E-state index in [0.29, 0.717) is 11.6 Å². The quantitative estimate of drug-likeness (QED) is 0.730. The van der Waals surface area contributed by atoms with Crippen molar-refractivity contribution in [1.82, 2.24) is 10.2 Å². The van der Waals surface area contributed by atoms with Crippen molar-refractivity contribution in [3.63, 3.8) is 0 Å². The fourth-order valence-corrected chi connectivity index (χ4v) is 3.41. The largest absolute Gasteiger partial charge is 0.311 e. The molecule has 2 nitrogen and oxygen atoms in total. The predicted molar refractivity (Wildman–Crippen MR) is 78.9 cm³/mol. The molecule has 1 saturated carbocycles. The van der Waals surface area contributed by atoms with Gasteiger partial charge >= 0.3 is 0 Å². The van der Waals surface area contributed by atoms with Crippen LogP contribution in [0.2, 0.25) is 0 Å². The van der Waals surface area contributed by atoms with Crippen LogP contribution in [0.3, 0.4) is 0 Å². The topological polar surface area (TPSA) is 15.3 Å². The molecule has 2 aliphatic rings. The summed E-state index contributed by atoms with van der Waals surface area (Å²) in [6.07, 6.45) is 7.00. The van der Waals surface area contributed by atoms with Crippen LogP contribution in [0.25, 0.3) is 0 Å². The second-order valence-electron chi connectivity index (χ2n) is 7.02. The van der Waals surface area contributed by atoms with Crippen molar-refractivity contribution < 1.29 is 0 Å². The molecule has 0 radical (unpaired) electrons. The Bertz CT molecular complexity index is 260. The molecular weight excluding hydrogens is 220 g/mol. The Hall–Kier alpha value is -0.0800. The van der Waals surface area contributed by atoms with Crippen LogP contribution < -0.4 is 5.32 Å². The third-order valence-electron chi connectivity index (χ3n) is 5.15. The molecule has 1 heterocycles. The summed E-state index contributed by atoms with van der Waals surface area (Å²) < 4.78 is 0. The first kappa shape index (κ1) is 14.3. The fourth-order valence-electron chi connectivity index (χ4n) is 3.41. The van der Waals surface area contributed by atoms with Gasteiger partial charge in [0.1, 0.15) is 0 Å². The molecule has 106 valence electrons. The van der Waals surface area contributed by atoms with Crippen LogP contribution >= 0.6 is 0 Å². The van der Waals surface area contributed by atoms with Gasteiger partial charge in [-0.05, 0) is 44.6 Å². The summed E-state index contributed by atoms with van der Waals surface area (Å²) in [5.41, 5.74) is 0.444. The molecular formula is C16H32N2. The first-order chi connectivity index (χ1) is 8.58. The van der Waals surface area contributed by atoms with Gasteiger partial charge in [0, 0.05) is 24.7 Å². The van der Waals surface area contributed by atoms with Gasteiger partial charge in [0.15, 0.2) is 0 Å². The van der Waals surface area contributed by atoms with Gasteiger partial charge in [-0.2, -0.15) is 0 Å². The molecule has 1 aliphatic heterocycles. The van der Waals surface area contributed by atoms with Crippen molar-refractivity contribution >= 4 is 0 Å². The molecule has 2 heteroatoms. The maximum atomic E-state index is 3.81. The van der Waals surface area contributed by atoms with E-state index < -0.39 is 0 Å². The van der Waals surface area contributed by atoms with Crippen molar-refractivity contribution in [2.24, 2.45) is 11.8 Å². The van der Waals surface area contributed by atoms with Crippen LogP contribution in [0.15, 0.2) is 0 Å². The lowest BCUT2D eigenvalue weighted by atomic mass is 9.87. The Balaban J connectivity index is 1.96. The first-order valence-corrected chi connectivity index (χ1v) is 8.06. The zero-order chi connectivity index (χ0) is 13.2. The van der Waals surface area contributed by atoms with Crippen LogP contribution in [-0.4, -0.2) is 36.1 Å². The van der Waals surface area contributed by atoms with E-state index in [1.165, 1.54) is 51.7 Å². The smallest absolute Gasteiger partial charge is 0.0334 e. The monoisotopic (exact) mass is 252 g/mol. The number of hydrogen-bond donors (Lipinski definition) is 1. The zero-order valence-corrected chi connectivity index (χ0v) is 12.8. The Kier molecular flexibility index (Phi) is 4.71. The molecule has 2 fully saturated rings. The minimum atomic E-state index is 0.444. The van der Waals surface area contributed by atoms with Crippen molar-refractivity contribution in [3.8, 4) is 0 Å². The summed E-state index contributed by atoms with van der Waals surface area (Å²) in [5, 5.41) is 3.81. The number of nitrogens with zero attached hydrogens (tertiary/aromatic N) is 1. The molecule has 1 aliphatic carbocycles. The number of piperazine rings is 1. The van der Waals surface area contributed by atoms with Crippen LogP contribution in [0.1, 0.15) is 59.8 Å². The second kappa shape index (κ2) is 5.92. The number of nitrogens with one attached hydrogen (secondary N) is 1. The second-order valence-corrected chi connectivity index (χ2v) is 7.02. The van der Waals surface area contributed by atoms with E-state index in [0.717, 1.165) is 11.8 Å². The van der Waals surface area contributed by atoms with E-state index >= 15 is 0 Å². The van der Waals surface area contributed by atoms with Gasteiger partial charge in [0.25, 0.3) is 0 Å². The van der Waals surface area contributed by atoms with Gasteiger partial charge in [-0.3, -0.25) is 4.90 Å². The average Bonchev–Trinajstić information content (AvgIpc) is 3.15. The number of hydrogen-bond acceptors (Lipinski definition) is 2. The molecule has 1 N–H and O–H groups in total. The zero-order valence-electron chi connectivity index (χ0n) is 12.8. The minimum Gasteiger partial charge on any atom is -0.311 e. The Morgan fingerprint density at radius 3 is 2.56 bits per heavy atom. The third kappa shape index (κ3) is 3.08. The van der Waals surface area contributed by atoms with Crippen LogP contribution in [0.5, 0.6) is 0 Å². The predicted octanol–water partition coefficient (Wildman–Crippen LogP) is 3.28. The van der Waals surface area contributed by atoms with Gasteiger partial charge in [-0.1, -0.05) is 33.6 Å². The lowest BCUT2D eigenvalue weighted by molar-refractivity contribution is 0.0243. The van der Waals surface area contributed by atoms with E-state index in [1.807, 2.05) is 0 Å².